The second-order valence-corrected chi connectivity index (χ2v) is 7.37. The summed E-state index contributed by atoms with van der Waals surface area (Å²) >= 11 is 3.58. The smallest absolute Gasteiger partial charge is 0.227 e. The lowest BCUT2D eigenvalue weighted by atomic mass is 9.92. The van der Waals surface area contributed by atoms with E-state index in [1.165, 1.54) is 11.1 Å². The van der Waals surface area contributed by atoms with E-state index >= 15 is 0 Å². The number of aromatic nitrogens is 1. The lowest BCUT2D eigenvalue weighted by Crippen LogP contribution is -1.92. The minimum Gasteiger partial charge on any atom is -0.436 e. The van der Waals surface area contributed by atoms with E-state index in [4.69, 9.17) is 4.42 Å². The molecule has 0 amide bonds. The number of hydrogen-bond acceptors (Lipinski definition) is 2. The van der Waals surface area contributed by atoms with Crippen molar-refractivity contribution in [2.45, 2.75) is 19.8 Å². The van der Waals surface area contributed by atoms with Crippen LogP contribution in [0.1, 0.15) is 25.3 Å². The van der Waals surface area contributed by atoms with Gasteiger partial charge in [-0.05, 0) is 59.0 Å². The van der Waals surface area contributed by atoms with Gasteiger partial charge in [0.05, 0.1) is 0 Å². The van der Waals surface area contributed by atoms with Crippen LogP contribution in [0.15, 0.2) is 75.6 Å². The Kier molecular flexibility index (Phi) is 4.18. The zero-order valence-corrected chi connectivity index (χ0v) is 15.7. The van der Waals surface area contributed by atoms with Gasteiger partial charge >= 0.3 is 0 Å². The van der Waals surface area contributed by atoms with E-state index in [1.807, 2.05) is 36.4 Å². The summed E-state index contributed by atoms with van der Waals surface area (Å²) < 4.78 is 7.03. The van der Waals surface area contributed by atoms with Gasteiger partial charge in [0.2, 0.25) is 5.89 Å². The summed E-state index contributed by atoms with van der Waals surface area (Å²) in [6, 6.07) is 22.7. The molecule has 0 atom stereocenters. The van der Waals surface area contributed by atoms with Gasteiger partial charge in [-0.3, -0.25) is 0 Å². The molecule has 0 N–H and O–H groups in total. The Hall–Kier alpha value is -2.39. The van der Waals surface area contributed by atoms with Crippen LogP contribution in [0.3, 0.4) is 0 Å². The highest BCUT2D eigenvalue weighted by Crippen LogP contribution is 2.34. The fraction of sp³-hybridized carbons (Fsp3) is 0.136. The van der Waals surface area contributed by atoms with Crippen molar-refractivity contribution in [3.05, 3.63) is 76.8 Å². The molecular formula is C22H18BrNO. The van der Waals surface area contributed by atoms with E-state index in [0.29, 0.717) is 11.8 Å². The molecule has 0 unspecified atom stereocenters. The van der Waals surface area contributed by atoms with E-state index in [0.717, 1.165) is 26.7 Å². The Bertz CT molecular complexity index is 1030. The molecule has 3 heteroatoms. The summed E-state index contributed by atoms with van der Waals surface area (Å²) in [5.41, 5.74) is 6.41. The molecule has 0 aliphatic carbocycles. The van der Waals surface area contributed by atoms with Gasteiger partial charge < -0.3 is 4.42 Å². The lowest BCUT2D eigenvalue weighted by molar-refractivity contribution is 0.620. The fourth-order valence-corrected chi connectivity index (χ4v) is 3.45. The molecule has 0 aliphatic rings. The van der Waals surface area contributed by atoms with Gasteiger partial charge in [0.15, 0.2) is 5.58 Å². The minimum absolute atomic E-state index is 0.445. The fourth-order valence-electron chi connectivity index (χ4n) is 3.07. The maximum atomic E-state index is 5.92. The Morgan fingerprint density at radius 1 is 0.880 bits per heavy atom. The third-order valence-corrected chi connectivity index (χ3v) is 4.85. The van der Waals surface area contributed by atoms with Gasteiger partial charge in [0.1, 0.15) is 5.52 Å². The molecule has 0 spiro atoms. The molecule has 0 aliphatic heterocycles. The van der Waals surface area contributed by atoms with Crippen LogP contribution < -0.4 is 0 Å². The molecule has 3 aromatic carbocycles. The molecule has 0 radical (unpaired) electrons. The summed E-state index contributed by atoms with van der Waals surface area (Å²) in [5, 5.41) is 0. The SMILES string of the molecule is CC(C)c1cc(Br)ccc1-c1ccc2oc(-c3ccccc3)nc2c1. The van der Waals surface area contributed by atoms with Crippen molar-refractivity contribution in [2.75, 3.05) is 0 Å². The molecule has 124 valence electrons. The topological polar surface area (TPSA) is 26.0 Å². The molecule has 4 rings (SSSR count). The van der Waals surface area contributed by atoms with E-state index in [9.17, 15) is 0 Å². The van der Waals surface area contributed by atoms with Crippen LogP contribution in [0.2, 0.25) is 0 Å². The number of rotatable bonds is 3. The molecule has 1 heterocycles. The van der Waals surface area contributed by atoms with Gasteiger partial charge in [0.25, 0.3) is 0 Å². The van der Waals surface area contributed by atoms with E-state index in [1.54, 1.807) is 0 Å². The number of oxazole rings is 1. The average Bonchev–Trinajstić information content (AvgIpc) is 3.05. The molecule has 0 bridgehead atoms. The predicted molar refractivity (Wildman–Crippen MR) is 107 cm³/mol. The summed E-state index contributed by atoms with van der Waals surface area (Å²) in [6.07, 6.45) is 0. The minimum atomic E-state index is 0.445. The van der Waals surface area contributed by atoms with Crippen molar-refractivity contribution in [1.29, 1.82) is 0 Å². The second-order valence-electron chi connectivity index (χ2n) is 6.45. The standard InChI is InChI=1S/C22H18BrNO/c1-14(2)19-13-17(23)9-10-18(19)16-8-11-21-20(12-16)24-22(25-21)15-6-4-3-5-7-15/h3-14H,1-2H3. The van der Waals surface area contributed by atoms with E-state index in [-0.39, 0.29) is 0 Å². The van der Waals surface area contributed by atoms with Crippen LogP contribution >= 0.6 is 15.9 Å². The number of halogens is 1. The summed E-state index contributed by atoms with van der Waals surface area (Å²) in [5.74, 6) is 1.10. The first-order valence-corrected chi connectivity index (χ1v) is 9.17. The van der Waals surface area contributed by atoms with Gasteiger partial charge in [-0.1, -0.05) is 60.1 Å². The molecule has 2 nitrogen and oxygen atoms in total. The largest absolute Gasteiger partial charge is 0.436 e. The molecular weight excluding hydrogens is 374 g/mol. The van der Waals surface area contributed by atoms with Crippen LogP contribution in [-0.2, 0) is 0 Å². The van der Waals surface area contributed by atoms with Gasteiger partial charge in [-0.15, -0.1) is 0 Å². The highest BCUT2D eigenvalue weighted by atomic mass is 79.9. The molecule has 1 aromatic heterocycles. The monoisotopic (exact) mass is 391 g/mol. The first-order chi connectivity index (χ1) is 12.1. The van der Waals surface area contributed by atoms with Crippen molar-refractivity contribution >= 4 is 27.0 Å². The van der Waals surface area contributed by atoms with Crippen LogP contribution in [0.4, 0.5) is 0 Å². The summed E-state index contributed by atoms with van der Waals surface area (Å²) in [7, 11) is 0. The quantitative estimate of drug-likeness (QED) is 0.373. The van der Waals surface area contributed by atoms with E-state index in [2.05, 4.69) is 65.1 Å². The molecule has 0 fully saturated rings. The van der Waals surface area contributed by atoms with Crippen LogP contribution in [-0.4, -0.2) is 4.98 Å². The average molecular weight is 392 g/mol. The molecule has 25 heavy (non-hydrogen) atoms. The predicted octanol–water partition coefficient (Wildman–Crippen LogP) is 7.05. The Balaban J connectivity index is 1.83. The molecule has 4 aromatic rings. The molecule has 0 saturated heterocycles. The van der Waals surface area contributed by atoms with Crippen LogP contribution in [0.5, 0.6) is 0 Å². The number of nitrogens with zero attached hydrogens (tertiary/aromatic N) is 1. The summed E-state index contributed by atoms with van der Waals surface area (Å²) in [6.45, 7) is 4.43. The maximum Gasteiger partial charge on any atom is 0.227 e. The van der Waals surface area contributed by atoms with Gasteiger partial charge in [-0.25, -0.2) is 4.98 Å². The highest BCUT2D eigenvalue weighted by molar-refractivity contribution is 9.10. The third kappa shape index (κ3) is 3.12. The van der Waals surface area contributed by atoms with Crippen molar-refractivity contribution in [3.8, 4) is 22.6 Å². The summed E-state index contributed by atoms with van der Waals surface area (Å²) in [4.78, 5) is 4.69. The zero-order chi connectivity index (χ0) is 17.4. The second kappa shape index (κ2) is 6.49. The van der Waals surface area contributed by atoms with Crippen molar-refractivity contribution in [2.24, 2.45) is 0 Å². The van der Waals surface area contributed by atoms with Crippen molar-refractivity contribution < 1.29 is 4.42 Å². The van der Waals surface area contributed by atoms with Crippen molar-refractivity contribution in [1.82, 2.24) is 4.98 Å². The highest BCUT2D eigenvalue weighted by Gasteiger charge is 2.13. The lowest BCUT2D eigenvalue weighted by Gasteiger charge is -2.13. The Labute approximate surface area is 155 Å². The normalized spacial score (nSPS) is 11.4. The Morgan fingerprint density at radius 3 is 2.44 bits per heavy atom. The first-order valence-electron chi connectivity index (χ1n) is 8.37. The van der Waals surface area contributed by atoms with Gasteiger partial charge in [-0.2, -0.15) is 0 Å². The maximum absolute atomic E-state index is 5.92. The van der Waals surface area contributed by atoms with Crippen LogP contribution in [0, 0.1) is 0 Å². The number of benzene rings is 3. The van der Waals surface area contributed by atoms with E-state index < -0.39 is 0 Å². The first kappa shape index (κ1) is 16.1. The number of fused-ring (bicyclic) bond motifs is 1. The Morgan fingerprint density at radius 2 is 1.68 bits per heavy atom. The van der Waals surface area contributed by atoms with Crippen molar-refractivity contribution in [3.63, 3.8) is 0 Å². The number of hydrogen-bond donors (Lipinski definition) is 0. The van der Waals surface area contributed by atoms with Gasteiger partial charge in [0, 0.05) is 10.0 Å². The zero-order valence-electron chi connectivity index (χ0n) is 14.2. The third-order valence-electron chi connectivity index (χ3n) is 4.35. The van der Waals surface area contributed by atoms with Crippen LogP contribution in [0.25, 0.3) is 33.7 Å². The molecule has 0 saturated carbocycles.